The second-order valence-electron chi connectivity index (χ2n) is 4.35. The minimum Gasteiger partial charge on any atom is -0.377 e. The van der Waals surface area contributed by atoms with E-state index in [1.807, 2.05) is 12.1 Å². The van der Waals surface area contributed by atoms with Gasteiger partial charge in [-0.2, -0.15) is 0 Å². The third-order valence-electron chi connectivity index (χ3n) is 3.02. The van der Waals surface area contributed by atoms with E-state index in [4.69, 9.17) is 27.9 Å². The normalized spacial score (nSPS) is 21.4. The molecule has 0 N–H and O–H groups in total. The second kappa shape index (κ2) is 5.94. The van der Waals surface area contributed by atoms with Gasteiger partial charge in [0.15, 0.2) is 0 Å². The number of hydrogen-bond donors (Lipinski definition) is 0. The Morgan fingerprint density at radius 3 is 3.06 bits per heavy atom. The minimum atomic E-state index is 0.250. The zero-order chi connectivity index (χ0) is 12.3. The smallest absolute Gasteiger partial charge is 0.0721 e. The summed E-state index contributed by atoms with van der Waals surface area (Å²) in [5, 5.41) is 0.746. The van der Waals surface area contributed by atoms with Crippen LogP contribution in [0.15, 0.2) is 18.2 Å². The van der Waals surface area contributed by atoms with Crippen LogP contribution >= 0.6 is 23.2 Å². The van der Waals surface area contributed by atoms with E-state index in [-0.39, 0.29) is 6.10 Å². The Morgan fingerprint density at radius 1 is 1.47 bits per heavy atom. The van der Waals surface area contributed by atoms with Gasteiger partial charge in [-0.1, -0.05) is 17.7 Å². The summed E-state index contributed by atoms with van der Waals surface area (Å²) < 4.78 is 5.65. The number of ether oxygens (including phenoxy) is 1. The Balaban J connectivity index is 2.28. The van der Waals surface area contributed by atoms with Gasteiger partial charge in [-0.3, -0.25) is 0 Å². The fraction of sp³-hybridized carbons (Fsp3) is 0.538. The molecule has 0 aliphatic carbocycles. The SMILES string of the molecule is CC1CN(c2cccc(Cl)c2CCl)CCCO1. The van der Waals surface area contributed by atoms with Crippen LogP contribution in [-0.2, 0) is 10.6 Å². The van der Waals surface area contributed by atoms with E-state index in [9.17, 15) is 0 Å². The molecule has 1 fully saturated rings. The summed E-state index contributed by atoms with van der Waals surface area (Å²) in [5.41, 5.74) is 2.16. The van der Waals surface area contributed by atoms with Gasteiger partial charge in [0, 0.05) is 36.0 Å². The van der Waals surface area contributed by atoms with Gasteiger partial charge < -0.3 is 9.64 Å². The van der Waals surface area contributed by atoms with Crippen molar-refractivity contribution in [3.05, 3.63) is 28.8 Å². The van der Waals surface area contributed by atoms with Crippen LogP contribution in [0.3, 0.4) is 0 Å². The molecule has 2 nitrogen and oxygen atoms in total. The molecule has 1 aliphatic rings. The van der Waals surface area contributed by atoms with E-state index in [0.29, 0.717) is 5.88 Å². The first-order chi connectivity index (χ1) is 8.22. The van der Waals surface area contributed by atoms with E-state index in [2.05, 4.69) is 17.9 Å². The van der Waals surface area contributed by atoms with Crippen LogP contribution in [0.1, 0.15) is 18.9 Å². The lowest BCUT2D eigenvalue weighted by molar-refractivity contribution is 0.0821. The molecule has 1 unspecified atom stereocenters. The maximum absolute atomic E-state index is 6.18. The number of hydrogen-bond acceptors (Lipinski definition) is 2. The Labute approximate surface area is 112 Å². The van der Waals surface area contributed by atoms with Crippen LogP contribution < -0.4 is 4.90 Å². The second-order valence-corrected chi connectivity index (χ2v) is 5.03. The lowest BCUT2D eigenvalue weighted by atomic mass is 10.1. The molecule has 0 amide bonds. The molecule has 0 spiro atoms. The Kier molecular flexibility index (Phi) is 4.55. The van der Waals surface area contributed by atoms with E-state index in [0.717, 1.165) is 42.4 Å². The van der Waals surface area contributed by atoms with Crippen molar-refractivity contribution in [2.45, 2.75) is 25.3 Å². The van der Waals surface area contributed by atoms with Gasteiger partial charge in [0.05, 0.1) is 12.0 Å². The molecular formula is C13H17Cl2NO. The zero-order valence-corrected chi connectivity index (χ0v) is 11.5. The fourth-order valence-corrected chi connectivity index (χ4v) is 2.77. The molecule has 94 valence electrons. The molecule has 0 radical (unpaired) electrons. The molecule has 4 heteroatoms. The molecule has 0 aromatic heterocycles. The Bertz CT molecular complexity index is 384. The molecule has 1 aromatic carbocycles. The monoisotopic (exact) mass is 273 g/mol. The number of anilines is 1. The van der Waals surface area contributed by atoms with Crippen molar-refractivity contribution in [3.63, 3.8) is 0 Å². The van der Waals surface area contributed by atoms with Gasteiger partial charge in [0.2, 0.25) is 0 Å². The third-order valence-corrected chi connectivity index (χ3v) is 3.64. The van der Waals surface area contributed by atoms with Crippen molar-refractivity contribution in [3.8, 4) is 0 Å². The zero-order valence-electron chi connectivity index (χ0n) is 9.96. The number of nitrogens with zero attached hydrogens (tertiary/aromatic N) is 1. The number of benzene rings is 1. The van der Waals surface area contributed by atoms with Crippen LogP contribution in [0.25, 0.3) is 0 Å². The molecule has 1 atom stereocenters. The first-order valence-corrected chi connectivity index (χ1v) is 6.83. The molecule has 1 aliphatic heterocycles. The summed E-state index contributed by atoms with van der Waals surface area (Å²) in [6, 6.07) is 5.95. The molecule has 2 rings (SSSR count). The molecule has 1 aromatic rings. The number of alkyl halides is 1. The highest BCUT2D eigenvalue weighted by atomic mass is 35.5. The van der Waals surface area contributed by atoms with E-state index in [1.54, 1.807) is 0 Å². The highest BCUT2D eigenvalue weighted by molar-refractivity contribution is 6.32. The van der Waals surface area contributed by atoms with Gasteiger partial charge >= 0.3 is 0 Å². The molecule has 0 bridgehead atoms. The quantitative estimate of drug-likeness (QED) is 0.762. The van der Waals surface area contributed by atoms with Crippen molar-refractivity contribution in [1.29, 1.82) is 0 Å². The molecular weight excluding hydrogens is 257 g/mol. The number of rotatable bonds is 2. The summed E-state index contributed by atoms with van der Waals surface area (Å²) in [6.45, 7) is 4.82. The fourth-order valence-electron chi connectivity index (χ4n) is 2.19. The topological polar surface area (TPSA) is 12.5 Å². The summed E-state index contributed by atoms with van der Waals surface area (Å²) in [5.74, 6) is 0.445. The molecule has 1 heterocycles. The van der Waals surface area contributed by atoms with Crippen molar-refractivity contribution in [2.24, 2.45) is 0 Å². The lowest BCUT2D eigenvalue weighted by Gasteiger charge is -2.26. The molecule has 1 saturated heterocycles. The number of halogens is 2. The van der Waals surface area contributed by atoms with Crippen LogP contribution in [0.2, 0.25) is 5.02 Å². The standard InChI is InChI=1S/C13H17Cl2NO/c1-10-9-16(6-3-7-17-10)13-5-2-4-12(15)11(13)8-14/h2,4-5,10H,3,6-9H2,1H3. The van der Waals surface area contributed by atoms with Gasteiger partial charge in [0.1, 0.15) is 0 Å². The highest BCUT2D eigenvalue weighted by Crippen LogP contribution is 2.30. The van der Waals surface area contributed by atoms with Crippen molar-refractivity contribution in [1.82, 2.24) is 0 Å². The van der Waals surface area contributed by atoms with Crippen LogP contribution in [0.5, 0.6) is 0 Å². The van der Waals surface area contributed by atoms with Crippen LogP contribution in [0.4, 0.5) is 5.69 Å². The largest absolute Gasteiger partial charge is 0.377 e. The van der Waals surface area contributed by atoms with Crippen molar-refractivity contribution < 1.29 is 4.74 Å². The lowest BCUT2D eigenvalue weighted by Crippen LogP contribution is -2.30. The van der Waals surface area contributed by atoms with Crippen molar-refractivity contribution >= 4 is 28.9 Å². The first kappa shape index (κ1) is 13.0. The van der Waals surface area contributed by atoms with Crippen LogP contribution in [-0.4, -0.2) is 25.8 Å². The first-order valence-electron chi connectivity index (χ1n) is 5.92. The van der Waals surface area contributed by atoms with Gasteiger partial charge in [-0.25, -0.2) is 0 Å². The predicted octanol–water partition coefficient (Wildman–Crippen LogP) is 3.69. The average molecular weight is 274 g/mol. The van der Waals surface area contributed by atoms with E-state index < -0.39 is 0 Å². The van der Waals surface area contributed by atoms with Gasteiger partial charge in [-0.15, -0.1) is 11.6 Å². The Hall–Kier alpha value is -0.440. The maximum Gasteiger partial charge on any atom is 0.0721 e. The average Bonchev–Trinajstić information content (AvgIpc) is 2.53. The van der Waals surface area contributed by atoms with E-state index >= 15 is 0 Å². The van der Waals surface area contributed by atoms with Gasteiger partial charge in [-0.05, 0) is 25.5 Å². The van der Waals surface area contributed by atoms with Crippen molar-refractivity contribution in [2.75, 3.05) is 24.6 Å². The maximum atomic E-state index is 6.18. The summed E-state index contributed by atoms with van der Waals surface area (Å²) >= 11 is 12.2. The summed E-state index contributed by atoms with van der Waals surface area (Å²) in [6.07, 6.45) is 1.29. The van der Waals surface area contributed by atoms with E-state index in [1.165, 1.54) is 0 Å². The summed E-state index contributed by atoms with van der Waals surface area (Å²) in [4.78, 5) is 2.32. The molecule has 0 saturated carbocycles. The predicted molar refractivity (Wildman–Crippen MR) is 73.3 cm³/mol. The van der Waals surface area contributed by atoms with Crippen LogP contribution in [0, 0.1) is 0 Å². The Morgan fingerprint density at radius 2 is 2.29 bits per heavy atom. The minimum absolute atomic E-state index is 0.250. The summed E-state index contributed by atoms with van der Waals surface area (Å²) in [7, 11) is 0. The third kappa shape index (κ3) is 3.06. The highest BCUT2D eigenvalue weighted by Gasteiger charge is 2.18. The van der Waals surface area contributed by atoms with Gasteiger partial charge in [0.25, 0.3) is 0 Å². The molecule has 17 heavy (non-hydrogen) atoms.